The van der Waals surface area contributed by atoms with Crippen molar-refractivity contribution in [3.63, 3.8) is 0 Å². The highest BCUT2D eigenvalue weighted by atomic mass is 35.5. The summed E-state index contributed by atoms with van der Waals surface area (Å²) in [6.45, 7) is 4.76. The fourth-order valence-electron chi connectivity index (χ4n) is 3.96. The Labute approximate surface area is 179 Å². The van der Waals surface area contributed by atoms with Gasteiger partial charge in [-0.2, -0.15) is 5.10 Å². The van der Waals surface area contributed by atoms with Crippen LogP contribution in [0.3, 0.4) is 0 Å². The molecule has 4 rings (SSSR count). The molecule has 0 spiro atoms. The van der Waals surface area contributed by atoms with Crippen molar-refractivity contribution in [1.82, 2.24) is 14.9 Å². The molecule has 1 aliphatic rings. The van der Waals surface area contributed by atoms with Crippen LogP contribution in [0.25, 0.3) is 11.0 Å². The van der Waals surface area contributed by atoms with Gasteiger partial charge in [0.05, 0.1) is 34.5 Å². The summed E-state index contributed by atoms with van der Waals surface area (Å²) in [6, 6.07) is 10.9. The second-order valence-corrected chi connectivity index (χ2v) is 8.01. The number of benzene rings is 2. The predicted octanol–water partition coefficient (Wildman–Crippen LogP) is 4.80. The molecule has 154 valence electrons. The zero-order valence-electron chi connectivity index (χ0n) is 16.8. The van der Waals surface area contributed by atoms with Crippen molar-refractivity contribution in [1.29, 1.82) is 5.41 Å². The van der Waals surface area contributed by atoms with Gasteiger partial charge in [-0.05, 0) is 49.1 Å². The molecule has 0 bridgehead atoms. The number of rotatable bonds is 5. The van der Waals surface area contributed by atoms with E-state index in [0.29, 0.717) is 28.7 Å². The summed E-state index contributed by atoms with van der Waals surface area (Å²) in [5.41, 5.74) is 6.70. The molecule has 30 heavy (non-hydrogen) atoms. The number of amides is 1. The highest BCUT2D eigenvalue weighted by Gasteiger charge is 2.37. The quantitative estimate of drug-likeness (QED) is 0.407. The zero-order chi connectivity index (χ0) is 21.3. The van der Waals surface area contributed by atoms with Crippen LogP contribution in [-0.2, 0) is 0 Å². The van der Waals surface area contributed by atoms with Gasteiger partial charge in [-0.15, -0.1) is 0 Å². The van der Waals surface area contributed by atoms with E-state index in [4.69, 9.17) is 22.0 Å². The Balaban J connectivity index is 1.69. The lowest BCUT2D eigenvalue weighted by Crippen LogP contribution is -2.32. The van der Waals surface area contributed by atoms with Crippen LogP contribution in [-0.4, -0.2) is 39.7 Å². The van der Waals surface area contributed by atoms with Crippen LogP contribution in [0.4, 0.5) is 5.69 Å². The molecule has 3 N–H and O–H groups in total. The smallest absolute Gasteiger partial charge is 0.256 e. The van der Waals surface area contributed by atoms with Crippen molar-refractivity contribution in [2.75, 3.05) is 12.0 Å². The average Bonchev–Trinajstić information content (AvgIpc) is 3.35. The van der Waals surface area contributed by atoms with Crippen molar-refractivity contribution in [2.45, 2.75) is 26.3 Å². The van der Waals surface area contributed by atoms with Crippen LogP contribution in [0.2, 0.25) is 5.02 Å². The van der Waals surface area contributed by atoms with Crippen LogP contribution in [0.1, 0.15) is 41.1 Å². The summed E-state index contributed by atoms with van der Waals surface area (Å²) >= 11 is 6.26. The van der Waals surface area contributed by atoms with Crippen LogP contribution >= 0.6 is 11.6 Å². The number of aromatic nitrogens is 2. The molecule has 1 aromatic heterocycles. The SMILES string of the molecule is Cc1c(Cl)ccc2nc(C3CC(C)CN3C(=O)c3ccccc3N/N=C\C=N)[nH]c12. The first-order valence-electron chi connectivity index (χ1n) is 9.82. The van der Waals surface area contributed by atoms with E-state index >= 15 is 0 Å². The molecule has 7 nitrogen and oxygen atoms in total. The number of anilines is 1. The molecule has 1 fully saturated rings. The van der Waals surface area contributed by atoms with E-state index in [0.717, 1.165) is 35.1 Å². The number of nitrogens with one attached hydrogen (secondary N) is 3. The predicted molar refractivity (Wildman–Crippen MR) is 121 cm³/mol. The van der Waals surface area contributed by atoms with Gasteiger partial charge in [0.2, 0.25) is 0 Å². The number of carbonyl (C=O) groups excluding carboxylic acids is 1. The van der Waals surface area contributed by atoms with Gasteiger partial charge in [0.15, 0.2) is 0 Å². The molecule has 0 aliphatic carbocycles. The van der Waals surface area contributed by atoms with Gasteiger partial charge in [-0.25, -0.2) is 4.98 Å². The zero-order valence-corrected chi connectivity index (χ0v) is 17.6. The van der Waals surface area contributed by atoms with Crippen LogP contribution in [0, 0.1) is 18.3 Å². The lowest BCUT2D eigenvalue weighted by Gasteiger charge is -2.24. The molecule has 1 saturated heterocycles. The van der Waals surface area contributed by atoms with E-state index in [1.807, 2.05) is 36.1 Å². The monoisotopic (exact) mass is 422 g/mol. The van der Waals surface area contributed by atoms with Crippen LogP contribution < -0.4 is 5.43 Å². The van der Waals surface area contributed by atoms with Gasteiger partial charge in [0.1, 0.15) is 5.82 Å². The maximum absolute atomic E-state index is 13.5. The van der Waals surface area contributed by atoms with E-state index < -0.39 is 0 Å². The minimum absolute atomic E-state index is 0.0762. The number of nitrogens with zero attached hydrogens (tertiary/aromatic N) is 3. The molecule has 8 heteroatoms. The van der Waals surface area contributed by atoms with Gasteiger partial charge in [0, 0.05) is 17.8 Å². The molecular formula is C22H23ClN6O. The van der Waals surface area contributed by atoms with Gasteiger partial charge in [-0.1, -0.05) is 30.7 Å². The fraction of sp³-hybridized carbons (Fsp3) is 0.273. The highest BCUT2D eigenvalue weighted by molar-refractivity contribution is 6.32. The molecule has 0 radical (unpaired) electrons. The molecule has 1 aliphatic heterocycles. The van der Waals surface area contributed by atoms with Crippen LogP contribution in [0.5, 0.6) is 0 Å². The number of likely N-dealkylation sites (tertiary alicyclic amines) is 1. The van der Waals surface area contributed by atoms with Gasteiger partial charge < -0.3 is 15.3 Å². The summed E-state index contributed by atoms with van der Waals surface area (Å²) in [7, 11) is 0. The Kier molecular flexibility index (Phi) is 5.55. The summed E-state index contributed by atoms with van der Waals surface area (Å²) in [5, 5.41) is 11.7. The third-order valence-corrected chi connectivity index (χ3v) is 5.86. The fourth-order valence-corrected chi connectivity index (χ4v) is 4.12. The number of carbonyl (C=O) groups is 1. The molecule has 0 saturated carbocycles. The summed E-state index contributed by atoms with van der Waals surface area (Å²) < 4.78 is 0. The Hall–Kier alpha value is -3.19. The summed E-state index contributed by atoms with van der Waals surface area (Å²) in [5.74, 6) is 1.06. The van der Waals surface area contributed by atoms with Crippen molar-refractivity contribution < 1.29 is 4.79 Å². The molecule has 1 amide bonds. The molecule has 2 unspecified atom stereocenters. The standard InChI is InChI=1S/C22H23ClN6O/c1-13-11-19(21-26-18-8-7-16(23)14(2)20(18)27-21)29(12-13)22(30)15-5-3-4-6-17(15)28-25-10-9-24/h3-10,13,19,24,28H,11-12H2,1-2H3,(H,26,27)/b24-9?,25-10-. The maximum atomic E-state index is 13.5. The topological polar surface area (TPSA) is 97.2 Å². The number of hydrazone groups is 1. The Morgan fingerprint density at radius 3 is 2.97 bits per heavy atom. The Morgan fingerprint density at radius 1 is 1.37 bits per heavy atom. The number of imidazole rings is 1. The van der Waals surface area contributed by atoms with E-state index in [9.17, 15) is 4.79 Å². The summed E-state index contributed by atoms with van der Waals surface area (Å²) in [6.07, 6.45) is 3.23. The molecule has 2 heterocycles. The number of halogens is 1. The first-order chi connectivity index (χ1) is 14.5. The van der Waals surface area contributed by atoms with Gasteiger partial charge in [-0.3, -0.25) is 10.2 Å². The number of H-pyrrole nitrogens is 1. The number of fused-ring (bicyclic) bond motifs is 1. The Morgan fingerprint density at radius 2 is 2.17 bits per heavy atom. The second-order valence-electron chi connectivity index (χ2n) is 7.60. The second kappa shape index (κ2) is 8.28. The van der Waals surface area contributed by atoms with Gasteiger partial charge >= 0.3 is 0 Å². The maximum Gasteiger partial charge on any atom is 0.256 e. The van der Waals surface area contributed by atoms with E-state index in [-0.39, 0.29) is 11.9 Å². The number of hydrogen-bond acceptors (Lipinski definition) is 5. The molecule has 3 aromatic rings. The largest absolute Gasteiger partial charge is 0.340 e. The number of hydrogen-bond donors (Lipinski definition) is 3. The van der Waals surface area contributed by atoms with E-state index in [1.165, 1.54) is 6.21 Å². The molecular weight excluding hydrogens is 400 g/mol. The van der Waals surface area contributed by atoms with Gasteiger partial charge in [0.25, 0.3) is 5.91 Å². The van der Waals surface area contributed by atoms with Crippen molar-refractivity contribution in [3.8, 4) is 0 Å². The first-order valence-corrected chi connectivity index (χ1v) is 10.2. The third kappa shape index (κ3) is 3.68. The summed E-state index contributed by atoms with van der Waals surface area (Å²) in [4.78, 5) is 23.5. The molecule has 2 atom stereocenters. The average molecular weight is 423 g/mol. The Bertz CT molecular complexity index is 1140. The van der Waals surface area contributed by atoms with E-state index in [1.54, 1.807) is 12.1 Å². The van der Waals surface area contributed by atoms with Crippen molar-refractivity contribution in [3.05, 3.63) is 58.4 Å². The van der Waals surface area contributed by atoms with Crippen molar-refractivity contribution >= 4 is 46.7 Å². The van der Waals surface area contributed by atoms with Crippen molar-refractivity contribution in [2.24, 2.45) is 11.0 Å². The third-order valence-electron chi connectivity index (χ3n) is 5.45. The number of para-hydroxylation sites is 1. The highest BCUT2D eigenvalue weighted by Crippen LogP contribution is 2.37. The lowest BCUT2D eigenvalue weighted by atomic mass is 10.1. The van der Waals surface area contributed by atoms with E-state index in [2.05, 4.69) is 22.4 Å². The number of aromatic amines is 1. The normalized spacial score (nSPS) is 19.0. The van der Waals surface area contributed by atoms with Crippen LogP contribution in [0.15, 0.2) is 41.5 Å². The minimum atomic E-state index is -0.142. The molecule has 2 aromatic carbocycles. The first kappa shape index (κ1) is 20.1. The minimum Gasteiger partial charge on any atom is -0.340 e. The number of aryl methyl sites for hydroxylation is 1. The lowest BCUT2D eigenvalue weighted by molar-refractivity contribution is 0.0728.